The van der Waals surface area contributed by atoms with Crippen LogP contribution in [0, 0.1) is 0 Å². The van der Waals surface area contributed by atoms with Crippen molar-refractivity contribution in [1.82, 2.24) is 0 Å². The summed E-state index contributed by atoms with van der Waals surface area (Å²) < 4.78 is 0. The molecule has 94 valence electrons. The van der Waals surface area contributed by atoms with E-state index in [9.17, 15) is 0 Å². The van der Waals surface area contributed by atoms with Gasteiger partial charge in [-0.2, -0.15) is 0 Å². The summed E-state index contributed by atoms with van der Waals surface area (Å²) in [5.74, 6) is 0.333. The van der Waals surface area contributed by atoms with Crippen molar-refractivity contribution >= 4 is 11.9 Å². The van der Waals surface area contributed by atoms with E-state index < -0.39 is 0 Å². The van der Waals surface area contributed by atoms with Crippen LogP contribution in [0.3, 0.4) is 0 Å². The molecule has 0 saturated heterocycles. The van der Waals surface area contributed by atoms with Gasteiger partial charge in [0.2, 0.25) is 0 Å². The Hall–Kier alpha value is -2.03. The van der Waals surface area contributed by atoms with E-state index in [1.165, 1.54) is 5.56 Å². The lowest BCUT2D eigenvalue weighted by Gasteiger charge is -2.16. The highest BCUT2D eigenvalue weighted by atomic mass is 16.6. The summed E-state index contributed by atoms with van der Waals surface area (Å²) in [4.78, 5) is 6.86. The van der Waals surface area contributed by atoms with Gasteiger partial charge in [0.15, 0.2) is 0 Å². The van der Waals surface area contributed by atoms with Gasteiger partial charge in [-0.25, -0.2) is 0 Å². The first kappa shape index (κ1) is 12.4. The van der Waals surface area contributed by atoms with Crippen molar-refractivity contribution in [1.29, 1.82) is 0 Å². The van der Waals surface area contributed by atoms with Gasteiger partial charge >= 0.3 is 0 Å². The number of allylic oxidation sites excluding steroid dienone is 4. The van der Waals surface area contributed by atoms with Gasteiger partial charge < -0.3 is 9.74 Å². The third kappa shape index (κ3) is 2.62. The van der Waals surface area contributed by atoms with Crippen LogP contribution in [0.2, 0.25) is 0 Å². The molecule has 0 N–H and O–H groups in total. The van der Waals surface area contributed by atoms with Crippen LogP contribution in [0.25, 0.3) is 0 Å². The van der Waals surface area contributed by atoms with E-state index in [-0.39, 0.29) is 0 Å². The van der Waals surface area contributed by atoms with Crippen LogP contribution in [-0.2, 0) is 4.84 Å². The van der Waals surface area contributed by atoms with Gasteiger partial charge in [0.25, 0.3) is 0 Å². The van der Waals surface area contributed by atoms with Crippen LogP contribution in [0.1, 0.15) is 17.0 Å². The molecule has 1 aromatic carbocycles. The van der Waals surface area contributed by atoms with E-state index >= 15 is 0 Å². The van der Waals surface area contributed by atoms with Crippen molar-refractivity contribution in [3.63, 3.8) is 0 Å². The molecule has 0 spiro atoms. The maximum Gasteiger partial charge on any atom is 0.106 e. The third-order valence-electron chi connectivity index (χ3n) is 2.99. The predicted octanol–water partition coefficient (Wildman–Crippen LogP) is 2.94. The SMILES string of the molecule is CON=Cc1cc(N(C)C)ccc1C1C=CC=C1. The van der Waals surface area contributed by atoms with Gasteiger partial charge in [-0.15, -0.1) is 0 Å². The number of anilines is 1. The lowest BCUT2D eigenvalue weighted by atomic mass is 9.95. The van der Waals surface area contributed by atoms with E-state index in [1.54, 1.807) is 13.3 Å². The molecule has 18 heavy (non-hydrogen) atoms. The minimum Gasteiger partial charge on any atom is -0.399 e. The first-order valence-electron chi connectivity index (χ1n) is 5.95. The molecule has 3 heteroatoms. The molecule has 0 unspecified atom stereocenters. The predicted molar refractivity (Wildman–Crippen MR) is 76.4 cm³/mol. The Morgan fingerprint density at radius 3 is 2.56 bits per heavy atom. The Kier molecular flexibility index (Phi) is 3.82. The highest BCUT2D eigenvalue weighted by molar-refractivity contribution is 5.84. The normalized spacial score (nSPS) is 14.6. The summed E-state index contributed by atoms with van der Waals surface area (Å²) in [6.45, 7) is 0. The maximum absolute atomic E-state index is 4.78. The van der Waals surface area contributed by atoms with E-state index in [2.05, 4.69) is 52.6 Å². The number of nitrogens with zero attached hydrogens (tertiary/aromatic N) is 2. The van der Waals surface area contributed by atoms with Crippen molar-refractivity contribution in [3.8, 4) is 0 Å². The summed E-state index contributed by atoms with van der Waals surface area (Å²) >= 11 is 0. The molecule has 0 fully saturated rings. The zero-order valence-corrected chi connectivity index (χ0v) is 11.0. The zero-order valence-electron chi connectivity index (χ0n) is 11.0. The molecule has 2 rings (SSSR count). The van der Waals surface area contributed by atoms with Crippen LogP contribution in [-0.4, -0.2) is 27.4 Å². The van der Waals surface area contributed by atoms with E-state index in [1.807, 2.05) is 14.1 Å². The molecule has 0 aliphatic heterocycles. The molecule has 1 aliphatic carbocycles. The number of benzene rings is 1. The van der Waals surface area contributed by atoms with E-state index in [0.29, 0.717) is 5.92 Å². The molecule has 0 radical (unpaired) electrons. The first-order chi connectivity index (χ1) is 8.72. The summed E-state index contributed by atoms with van der Waals surface area (Å²) in [5.41, 5.74) is 3.48. The van der Waals surface area contributed by atoms with E-state index in [0.717, 1.165) is 11.3 Å². The van der Waals surface area contributed by atoms with Crippen LogP contribution in [0.15, 0.2) is 47.7 Å². The van der Waals surface area contributed by atoms with Crippen molar-refractivity contribution in [2.24, 2.45) is 5.16 Å². The lowest BCUT2D eigenvalue weighted by molar-refractivity contribution is 0.215. The fourth-order valence-electron chi connectivity index (χ4n) is 2.00. The van der Waals surface area contributed by atoms with Crippen LogP contribution < -0.4 is 4.90 Å². The highest BCUT2D eigenvalue weighted by Gasteiger charge is 2.12. The second kappa shape index (κ2) is 5.54. The molecule has 0 bridgehead atoms. The standard InChI is InChI=1S/C15H18N2O/c1-17(2)14-8-9-15(12-6-4-5-7-12)13(10-14)11-16-18-3/h4-12H,1-3H3. The zero-order chi connectivity index (χ0) is 13.0. The summed E-state index contributed by atoms with van der Waals surface area (Å²) in [7, 11) is 5.62. The number of rotatable bonds is 4. The first-order valence-corrected chi connectivity index (χ1v) is 5.95. The second-order valence-electron chi connectivity index (χ2n) is 4.42. The molecule has 0 amide bonds. The van der Waals surface area contributed by atoms with Crippen molar-refractivity contribution in [3.05, 3.63) is 53.6 Å². The molecular formula is C15H18N2O. The van der Waals surface area contributed by atoms with Crippen molar-refractivity contribution in [2.45, 2.75) is 5.92 Å². The van der Waals surface area contributed by atoms with Gasteiger partial charge in [0, 0.05) is 31.3 Å². The van der Waals surface area contributed by atoms with Crippen LogP contribution in [0.4, 0.5) is 5.69 Å². The number of hydrogen-bond donors (Lipinski definition) is 0. The molecule has 0 aromatic heterocycles. The quantitative estimate of drug-likeness (QED) is 0.599. The smallest absolute Gasteiger partial charge is 0.106 e. The molecular weight excluding hydrogens is 224 g/mol. The molecule has 1 aromatic rings. The highest BCUT2D eigenvalue weighted by Crippen LogP contribution is 2.28. The topological polar surface area (TPSA) is 24.8 Å². The third-order valence-corrected chi connectivity index (χ3v) is 2.99. The maximum atomic E-state index is 4.78. The molecule has 1 aliphatic rings. The monoisotopic (exact) mass is 242 g/mol. The number of hydrogen-bond acceptors (Lipinski definition) is 3. The average Bonchev–Trinajstić information content (AvgIpc) is 2.89. The lowest BCUT2D eigenvalue weighted by Crippen LogP contribution is -2.10. The van der Waals surface area contributed by atoms with Gasteiger partial charge in [0.05, 0.1) is 6.21 Å². The Morgan fingerprint density at radius 1 is 1.22 bits per heavy atom. The average molecular weight is 242 g/mol. The molecule has 0 saturated carbocycles. The largest absolute Gasteiger partial charge is 0.399 e. The minimum absolute atomic E-state index is 0.333. The Bertz CT molecular complexity index is 489. The summed E-state index contributed by atoms with van der Waals surface area (Å²) in [5, 5.41) is 3.88. The van der Waals surface area contributed by atoms with Gasteiger partial charge in [0.1, 0.15) is 7.11 Å². The molecule has 0 heterocycles. The Balaban J connectivity index is 2.41. The van der Waals surface area contributed by atoms with Gasteiger partial charge in [-0.1, -0.05) is 35.5 Å². The Morgan fingerprint density at radius 2 is 1.94 bits per heavy atom. The number of oxime groups is 1. The van der Waals surface area contributed by atoms with Crippen molar-refractivity contribution < 1.29 is 4.84 Å². The minimum atomic E-state index is 0.333. The fourth-order valence-corrected chi connectivity index (χ4v) is 2.00. The Labute approximate surface area is 108 Å². The summed E-state index contributed by atoms with van der Waals surface area (Å²) in [6.07, 6.45) is 10.3. The van der Waals surface area contributed by atoms with Crippen molar-refractivity contribution in [2.75, 3.05) is 26.1 Å². The molecule has 3 nitrogen and oxygen atoms in total. The molecule has 0 atom stereocenters. The van der Waals surface area contributed by atoms with E-state index in [4.69, 9.17) is 4.84 Å². The van der Waals surface area contributed by atoms with Crippen LogP contribution in [0.5, 0.6) is 0 Å². The summed E-state index contributed by atoms with van der Waals surface area (Å²) in [6, 6.07) is 6.40. The van der Waals surface area contributed by atoms with Gasteiger partial charge in [-0.3, -0.25) is 0 Å². The second-order valence-corrected chi connectivity index (χ2v) is 4.42. The van der Waals surface area contributed by atoms with Crippen LogP contribution >= 0.6 is 0 Å². The fraction of sp³-hybridized carbons (Fsp3) is 0.267. The van der Waals surface area contributed by atoms with Gasteiger partial charge in [-0.05, 0) is 17.7 Å².